The molecule has 12 heteroatoms. The molecule has 3 heterocycles. The van der Waals surface area contributed by atoms with Crippen LogP contribution in [-0.4, -0.2) is 52.4 Å². The highest BCUT2D eigenvalue weighted by Crippen LogP contribution is 2.28. The number of nitriles is 1. The van der Waals surface area contributed by atoms with Gasteiger partial charge in [-0.3, -0.25) is 14.6 Å². The zero-order valence-electron chi connectivity index (χ0n) is 18.5. The maximum atomic E-state index is 12.6. The minimum Gasteiger partial charge on any atom is -0.378 e. The summed E-state index contributed by atoms with van der Waals surface area (Å²) in [5, 5.41) is 20.2. The smallest absolute Gasteiger partial charge is 0.255 e. The van der Waals surface area contributed by atoms with Crippen molar-refractivity contribution >= 4 is 40.1 Å². The van der Waals surface area contributed by atoms with Crippen molar-refractivity contribution in [2.24, 2.45) is 0 Å². The number of amides is 1. The summed E-state index contributed by atoms with van der Waals surface area (Å²) >= 11 is 2.80. The van der Waals surface area contributed by atoms with Gasteiger partial charge in [0.2, 0.25) is 17.0 Å². The van der Waals surface area contributed by atoms with Crippen LogP contribution < -0.4 is 15.8 Å². The average molecular weight is 498 g/mol. The van der Waals surface area contributed by atoms with Crippen LogP contribution in [0.4, 0.5) is 11.1 Å². The summed E-state index contributed by atoms with van der Waals surface area (Å²) in [7, 11) is 0. The van der Waals surface area contributed by atoms with Gasteiger partial charge < -0.3 is 15.0 Å². The van der Waals surface area contributed by atoms with Gasteiger partial charge in [-0.25, -0.2) is 4.98 Å². The van der Waals surface area contributed by atoms with Crippen molar-refractivity contribution in [3.05, 3.63) is 57.0 Å². The number of rotatable bonds is 8. The molecule has 2 N–H and O–H groups in total. The molecule has 1 aromatic carbocycles. The lowest BCUT2D eigenvalue weighted by Crippen LogP contribution is -2.38. The molecule has 2 aromatic heterocycles. The molecule has 3 aromatic rings. The number of aromatic amines is 1. The summed E-state index contributed by atoms with van der Waals surface area (Å²) in [4.78, 5) is 34.3. The normalized spacial score (nSPS) is 13.5. The van der Waals surface area contributed by atoms with E-state index in [4.69, 9.17) is 10.00 Å². The van der Waals surface area contributed by atoms with Gasteiger partial charge in [0.05, 0.1) is 24.8 Å². The van der Waals surface area contributed by atoms with E-state index in [1.165, 1.54) is 23.1 Å². The first-order chi connectivity index (χ1) is 16.5. The third kappa shape index (κ3) is 6.19. The quantitative estimate of drug-likeness (QED) is 0.355. The zero-order chi connectivity index (χ0) is 23.9. The summed E-state index contributed by atoms with van der Waals surface area (Å²) in [6, 6.07) is 9.46. The lowest BCUT2D eigenvalue weighted by molar-refractivity contribution is -0.116. The fraction of sp³-hybridized carbons (Fsp3) is 0.364. The molecule has 1 amide bonds. The van der Waals surface area contributed by atoms with E-state index in [2.05, 4.69) is 31.6 Å². The average Bonchev–Trinajstić information content (AvgIpc) is 3.30. The van der Waals surface area contributed by atoms with E-state index in [1.54, 1.807) is 19.1 Å². The summed E-state index contributed by atoms with van der Waals surface area (Å²) in [6.45, 7) is 4.35. The minimum atomic E-state index is -0.240. The maximum Gasteiger partial charge on any atom is 0.255 e. The fourth-order valence-corrected chi connectivity index (χ4v) is 5.10. The third-order valence-corrected chi connectivity index (χ3v) is 7.26. The lowest BCUT2D eigenvalue weighted by atomic mass is 10.1. The molecule has 1 aliphatic rings. The van der Waals surface area contributed by atoms with Gasteiger partial charge in [-0.1, -0.05) is 35.2 Å². The van der Waals surface area contributed by atoms with E-state index >= 15 is 0 Å². The first-order valence-electron chi connectivity index (χ1n) is 10.7. The second-order valence-corrected chi connectivity index (χ2v) is 9.77. The molecule has 0 saturated carbocycles. The van der Waals surface area contributed by atoms with Gasteiger partial charge >= 0.3 is 0 Å². The molecule has 34 heavy (non-hydrogen) atoms. The molecule has 0 aliphatic carbocycles. The third-order valence-electron chi connectivity index (χ3n) is 5.22. The minimum absolute atomic E-state index is 0.135. The van der Waals surface area contributed by atoms with Gasteiger partial charge in [-0.2, -0.15) is 5.26 Å². The number of thioether (sulfide) groups is 1. The molecule has 0 atom stereocenters. The van der Waals surface area contributed by atoms with Crippen LogP contribution in [-0.2, 0) is 21.7 Å². The maximum absolute atomic E-state index is 12.6. The number of nitrogens with one attached hydrogen (secondary N) is 2. The van der Waals surface area contributed by atoms with E-state index in [-0.39, 0.29) is 24.3 Å². The standard InChI is InChI=1S/C22H23N7O3S2/c1-14-17(19(31)26-20(24-14)29-8-10-32-11-9-29)6-7-18(30)25-21-27-28-22(34-21)33-13-16-4-2-15(12-23)3-5-16/h2-5H,6-11,13H2,1H3,(H,24,26,31)(H,25,27,30). The van der Waals surface area contributed by atoms with E-state index in [1.807, 2.05) is 17.0 Å². The van der Waals surface area contributed by atoms with Gasteiger partial charge in [0.15, 0.2) is 4.34 Å². The Morgan fingerprint density at radius 3 is 2.76 bits per heavy atom. The Labute approximate surface area is 204 Å². The predicted octanol–water partition coefficient (Wildman–Crippen LogP) is 2.50. The number of hydrogen-bond acceptors (Lipinski definition) is 10. The van der Waals surface area contributed by atoms with Crippen LogP contribution in [0.1, 0.15) is 28.8 Å². The monoisotopic (exact) mass is 497 g/mol. The van der Waals surface area contributed by atoms with Crippen molar-refractivity contribution in [1.29, 1.82) is 5.26 Å². The van der Waals surface area contributed by atoms with Crippen molar-refractivity contribution in [2.45, 2.75) is 29.9 Å². The summed E-state index contributed by atoms with van der Waals surface area (Å²) in [6.07, 6.45) is 0.415. The second-order valence-electron chi connectivity index (χ2n) is 7.57. The first-order valence-corrected chi connectivity index (χ1v) is 12.5. The number of anilines is 2. The van der Waals surface area contributed by atoms with Gasteiger partial charge in [-0.15, -0.1) is 10.2 Å². The Bertz CT molecular complexity index is 1240. The molecular formula is C22H23N7O3S2. The van der Waals surface area contributed by atoms with Crippen LogP contribution >= 0.6 is 23.1 Å². The van der Waals surface area contributed by atoms with Crippen molar-refractivity contribution < 1.29 is 9.53 Å². The number of morpholine rings is 1. The van der Waals surface area contributed by atoms with E-state index in [0.717, 1.165) is 9.90 Å². The highest BCUT2D eigenvalue weighted by atomic mass is 32.2. The number of hydrogen-bond donors (Lipinski definition) is 2. The summed E-state index contributed by atoms with van der Waals surface area (Å²) in [5.41, 5.74) is 2.59. The van der Waals surface area contributed by atoms with Crippen LogP contribution in [0.5, 0.6) is 0 Å². The molecular weight excluding hydrogens is 474 g/mol. The number of carbonyl (C=O) groups excluding carboxylic acids is 1. The number of aromatic nitrogens is 4. The number of H-pyrrole nitrogens is 1. The largest absolute Gasteiger partial charge is 0.378 e. The number of carbonyl (C=O) groups is 1. The SMILES string of the molecule is Cc1nc(N2CCOCC2)[nH]c(=O)c1CCC(=O)Nc1nnc(SCc2ccc(C#N)cc2)s1. The highest BCUT2D eigenvalue weighted by molar-refractivity contribution is 8.00. The van der Waals surface area contributed by atoms with Gasteiger partial charge in [0, 0.05) is 36.5 Å². The topological polar surface area (TPSA) is 137 Å². The van der Waals surface area contributed by atoms with Gasteiger partial charge in [0.1, 0.15) is 0 Å². The molecule has 0 bridgehead atoms. The zero-order valence-corrected chi connectivity index (χ0v) is 20.2. The second kappa shape index (κ2) is 11.2. The molecule has 0 spiro atoms. The van der Waals surface area contributed by atoms with Crippen LogP contribution in [0.25, 0.3) is 0 Å². The number of nitrogens with zero attached hydrogens (tertiary/aromatic N) is 5. The number of ether oxygens (including phenoxy) is 1. The van der Waals surface area contributed by atoms with Gasteiger partial charge in [0.25, 0.3) is 5.56 Å². The number of benzene rings is 1. The molecule has 4 rings (SSSR count). The van der Waals surface area contributed by atoms with Gasteiger partial charge in [-0.05, 0) is 31.0 Å². The Morgan fingerprint density at radius 1 is 1.29 bits per heavy atom. The van der Waals surface area contributed by atoms with Crippen LogP contribution in [0, 0.1) is 18.3 Å². The molecule has 1 aliphatic heterocycles. The Hall–Kier alpha value is -3.27. The van der Waals surface area contributed by atoms with E-state index in [0.29, 0.717) is 60.0 Å². The van der Waals surface area contributed by atoms with Crippen molar-refractivity contribution in [3.63, 3.8) is 0 Å². The lowest BCUT2D eigenvalue weighted by Gasteiger charge is -2.27. The van der Waals surface area contributed by atoms with Crippen molar-refractivity contribution in [3.8, 4) is 6.07 Å². The molecule has 176 valence electrons. The molecule has 0 radical (unpaired) electrons. The summed E-state index contributed by atoms with van der Waals surface area (Å²) in [5.74, 6) is 0.985. The van der Waals surface area contributed by atoms with Crippen LogP contribution in [0.15, 0.2) is 33.4 Å². The molecule has 1 fully saturated rings. The Kier molecular flexibility index (Phi) is 7.89. The van der Waals surface area contributed by atoms with E-state index < -0.39 is 0 Å². The highest BCUT2D eigenvalue weighted by Gasteiger charge is 2.17. The molecule has 10 nitrogen and oxygen atoms in total. The molecule has 1 saturated heterocycles. The van der Waals surface area contributed by atoms with Crippen molar-refractivity contribution in [1.82, 2.24) is 20.2 Å². The fourth-order valence-electron chi connectivity index (χ4n) is 3.37. The summed E-state index contributed by atoms with van der Waals surface area (Å²) < 4.78 is 6.07. The van der Waals surface area contributed by atoms with Crippen LogP contribution in [0.3, 0.4) is 0 Å². The number of aryl methyl sites for hydroxylation is 1. The molecule has 0 unspecified atom stereocenters. The van der Waals surface area contributed by atoms with Crippen LogP contribution in [0.2, 0.25) is 0 Å². The predicted molar refractivity (Wildman–Crippen MR) is 130 cm³/mol. The Balaban J connectivity index is 1.28. The first kappa shape index (κ1) is 23.9. The Morgan fingerprint density at radius 2 is 2.06 bits per heavy atom. The van der Waals surface area contributed by atoms with E-state index in [9.17, 15) is 9.59 Å². The van der Waals surface area contributed by atoms with Crippen molar-refractivity contribution in [2.75, 3.05) is 36.5 Å².